The number of hydrogen-bond donors (Lipinski definition) is 2. The number of hydrogen-bond acceptors (Lipinski definition) is 6. The largest absolute Gasteiger partial charge is 0.336 e. The predicted molar refractivity (Wildman–Crippen MR) is 155 cm³/mol. The Morgan fingerprint density at radius 1 is 1.00 bits per heavy atom. The SMILES string of the molecule is O=C(c1ccc(Nc2ncc3c(n2)-c2ccc(Cl)cc2N(c2c(F)cccc2F)CC3)cc1)N1CC2CCC(C1)N2. The lowest BCUT2D eigenvalue weighted by Crippen LogP contribution is -2.53. The summed E-state index contributed by atoms with van der Waals surface area (Å²) in [6, 6.07) is 17.2. The average molecular weight is 573 g/mol. The van der Waals surface area contributed by atoms with E-state index >= 15 is 0 Å². The molecule has 41 heavy (non-hydrogen) atoms. The van der Waals surface area contributed by atoms with E-state index in [2.05, 4.69) is 15.6 Å². The number of benzene rings is 3. The molecule has 2 unspecified atom stereocenters. The number of para-hydroxylation sites is 1. The summed E-state index contributed by atoms with van der Waals surface area (Å²) in [6.07, 6.45) is 4.45. The van der Waals surface area contributed by atoms with Crippen molar-refractivity contribution < 1.29 is 13.6 Å². The van der Waals surface area contributed by atoms with Crippen molar-refractivity contribution in [2.45, 2.75) is 31.3 Å². The van der Waals surface area contributed by atoms with Crippen LogP contribution in [0.3, 0.4) is 0 Å². The molecular formula is C31H27ClF2N6O. The van der Waals surface area contributed by atoms with Gasteiger partial charge in [-0.3, -0.25) is 4.79 Å². The molecule has 2 atom stereocenters. The molecule has 4 heterocycles. The van der Waals surface area contributed by atoms with Crippen LogP contribution in [0.4, 0.5) is 31.8 Å². The summed E-state index contributed by atoms with van der Waals surface area (Å²) in [5.74, 6) is -0.890. The van der Waals surface area contributed by atoms with Crippen LogP contribution in [-0.4, -0.2) is 52.5 Å². The van der Waals surface area contributed by atoms with Gasteiger partial charge in [0.05, 0.1) is 11.4 Å². The average Bonchev–Trinajstić information content (AvgIpc) is 3.23. The van der Waals surface area contributed by atoms with E-state index in [9.17, 15) is 13.6 Å². The Hall–Kier alpha value is -4.08. The molecule has 3 aliphatic rings. The number of aromatic nitrogens is 2. The Kier molecular flexibility index (Phi) is 6.55. The number of amides is 1. The van der Waals surface area contributed by atoms with Gasteiger partial charge in [0.25, 0.3) is 5.91 Å². The molecular weight excluding hydrogens is 546 g/mol. The summed E-state index contributed by atoms with van der Waals surface area (Å²) in [5.41, 5.74) is 4.03. The molecule has 1 aromatic heterocycles. The van der Waals surface area contributed by atoms with Crippen LogP contribution in [0.15, 0.2) is 66.9 Å². The Balaban J connectivity index is 1.16. The molecule has 3 aliphatic heterocycles. The number of carbonyl (C=O) groups is 1. The third kappa shape index (κ3) is 4.89. The van der Waals surface area contributed by atoms with Crippen LogP contribution in [0.25, 0.3) is 11.3 Å². The first-order chi connectivity index (χ1) is 19.9. The molecule has 0 radical (unpaired) electrons. The smallest absolute Gasteiger partial charge is 0.253 e. The summed E-state index contributed by atoms with van der Waals surface area (Å²) in [7, 11) is 0. The fraction of sp³-hybridized carbons (Fsp3) is 0.258. The third-order valence-corrected chi connectivity index (χ3v) is 8.31. The molecule has 208 valence electrons. The highest BCUT2D eigenvalue weighted by Crippen LogP contribution is 2.42. The minimum absolute atomic E-state index is 0.0438. The third-order valence-electron chi connectivity index (χ3n) is 8.07. The lowest BCUT2D eigenvalue weighted by atomic mass is 10.0. The summed E-state index contributed by atoms with van der Waals surface area (Å²) < 4.78 is 29.7. The molecule has 3 aromatic carbocycles. The van der Waals surface area contributed by atoms with E-state index in [1.807, 2.05) is 35.2 Å². The minimum atomic E-state index is -0.651. The van der Waals surface area contributed by atoms with Crippen LogP contribution in [0.2, 0.25) is 5.02 Å². The van der Waals surface area contributed by atoms with Gasteiger partial charge in [0.2, 0.25) is 5.95 Å². The molecule has 0 saturated carbocycles. The number of nitrogens with zero attached hydrogens (tertiary/aromatic N) is 4. The fourth-order valence-corrected chi connectivity index (χ4v) is 6.28. The second kappa shape index (κ2) is 10.4. The number of halogens is 3. The topological polar surface area (TPSA) is 73.4 Å². The number of rotatable bonds is 4. The maximum atomic E-state index is 14.8. The van der Waals surface area contributed by atoms with E-state index in [1.165, 1.54) is 18.2 Å². The molecule has 7 nitrogen and oxygen atoms in total. The van der Waals surface area contributed by atoms with Crippen molar-refractivity contribution in [3.63, 3.8) is 0 Å². The van der Waals surface area contributed by atoms with Gasteiger partial charge in [0, 0.05) is 59.8 Å². The van der Waals surface area contributed by atoms with Crippen molar-refractivity contribution in [3.8, 4) is 11.3 Å². The fourth-order valence-electron chi connectivity index (χ4n) is 6.11. The van der Waals surface area contributed by atoms with Gasteiger partial charge in [-0.15, -0.1) is 0 Å². The molecule has 0 aliphatic carbocycles. The van der Waals surface area contributed by atoms with Crippen LogP contribution in [0.1, 0.15) is 28.8 Å². The zero-order valence-corrected chi connectivity index (χ0v) is 22.8. The molecule has 2 bridgehead atoms. The zero-order chi connectivity index (χ0) is 28.1. The number of carbonyl (C=O) groups excluding carboxylic acids is 1. The first kappa shape index (κ1) is 25.9. The van der Waals surface area contributed by atoms with Gasteiger partial charge in [0.15, 0.2) is 0 Å². The van der Waals surface area contributed by atoms with E-state index in [-0.39, 0.29) is 11.6 Å². The van der Waals surface area contributed by atoms with Gasteiger partial charge >= 0.3 is 0 Å². The Labute approximate surface area is 241 Å². The summed E-state index contributed by atoms with van der Waals surface area (Å²) >= 11 is 6.34. The van der Waals surface area contributed by atoms with E-state index in [0.717, 1.165) is 37.2 Å². The Morgan fingerprint density at radius 2 is 1.73 bits per heavy atom. The second-order valence-electron chi connectivity index (χ2n) is 10.8. The second-order valence-corrected chi connectivity index (χ2v) is 11.2. The summed E-state index contributed by atoms with van der Waals surface area (Å²) in [6.45, 7) is 1.80. The van der Waals surface area contributed by atoms with Gasteiger partial charge in [-0.2, -0.15) is 0 Å². The van der Waals surface area contributed by atoms with Crippen LogP contribution in [0.5, 0.6) is 0 Å². The Morgan fingerprint density at radius 3 is 2.46 bits per heavy atom. The first-order valence-corrected chi connectivity index (χ1v) is 14.1. The molecule has 2 N–H and O–H groups in total. The number of likely N-dealkylation sites (tertiary alicyclic amines) is 1. The van der Waals surface area contributed by atoms with Crippen molar-refractivity contribution in [2.75, 3.05) is 29.9 Å². The maximum absolute atomic E-state index is 14.8. The van der Waals surface area contributed by atoms with Crippen LogP contribution in [-0.2, 0) is 6.42 Å². The lowest BCUT2D eigenvalue weighted by molar-refractivity contribution is 0.0697. The van der Waals surface area contributed by atoms with Gasteiger partial charge in [-0.05, 0) is 79.4 Å². The lowest BCUT2D eigenvalue weighted by Gasteiger charge is -2.33. The van der Waals surface area contributed by atoms with E-state index < -0.39 is 11.6 Å². The number of nitrogens with one attached hydrogen (secondary N) is 2. The quantitative estimate of drug-likeness (QED) is 0.308. The number of fused-ring (bicyclic) bond motifs is 5. The minimum Gasteiger partial charge on any atom is -0.336 e. The highest BCUT2D eigenvalue weighted by Gasteiger charge is 2.34. The molecule has 2 saturated heterocycles. The number of piperazine rings is 1. The van der Waals surface area contributed by atoms with Crippen LogP contribution < -0.4 is 15.5 Å². The van der Waals surface area contributed by atoms with E-state index in [4.69, 9.17) is 16.6 Å². The van der Waals surface area contributed by atoms with Crippen LogP contribution in [0, 0.1) is 11.6 Å². The van der Waals surface area contributed by atoms with E-state index in [0.29, 0.717) is 58.5 Å². The molecule has 10 heteroatoms. The molecule has 2 fully saturated rings. The standard InChI is InChI=1S/C31H27ClF2N6O/c32-20-6-11-24-27(14-20)40(29-25(33)2-1-3-26(29)34)13-12-19-15-35-31(38-28(19)24)37-21-7-4-18(5-8-21)30(41)39-16-22-9-10-23(17-39)36-22/h1-8,11,14-15,22-23,36H,9-10,12-13,16-17H2,(H,35,37,38). The molecule has 1 amide bonds. The predicted octanol–water partition coefficient (Wildman–Crippen LogP) is 6.09. The molecule has 7 rings (SSSR count). The monoisotopic (exact) mass is 572 g/mol. The van der Waals surface area contributed by atoms with E-state index in [1.54, 1.807) is 23.2 Å². The first-order valence-electron chi connectivity index (χ1n) is 13.7. The Bertz CT molecular complexity index is 1620. The zero-order valence-electron chi connectivity index (χ0n) is 22.1. The van der Waals surface area contributed by atoms with Crippen molar-refractivity contribution in [1.29, 1.82) is 0 Å². The maximum Gasteiger partial charge on any atom is 0.253 e. The van der Waals surface area contributed by atoms with Gasteiger partial charge in [0.1, 0.15) is 17.3 Å². The molecule has 4 aromatic rings. The molecule has 0 spiro atoms. The van der Waals surface area contributed by atoms with Gasteiger partial charge in [-0.1, -0.05) is 17.7 Å². The van der Waals surface area contributed by atoms with Gasteiger partial charge < -0.3 is 20.4 Å². The van der Waals surface area contributed by atoms with Gasteiger partial charge in [-0.25, -0.2) is 18.7 Å². The highest BCUT2D eigenvalue weighted by molar-refractivity contribution is 6.31. The van der Waals surface area contributed by atoms with Crippen molar-refractivity contribution >= 4 is 40.5 Å². The summed E-state index contributed by atoms with van der Waals surface area (Å²) in [5, 5.41) is 7.23. The van der Waals surface area contributed by atoms with Crippen molar-refractivity contribution in [3.05, 3.63) is 94.6 Å². The highest BCUT2D eigenvalue weighted by atomic mass is 35.5. The normalized spacial score (nSPS) is 19.4. The van der Waals surface area contributed by atoms with Crippen LogP contribution >= 0.6 is 11.6 Å². The van der Waals surface area contributed by atoms with Crippen molar-refractivity contribution in [2.24, 2.45) is 0 Å². The summed E-state index contributed by atoms with van der Waals surface area (Å²) in [4.78, 5) is 26.0. The number of anilines is 4. The van der Waals surface area contributed by atoms with Crippen molar-refractivity contribution in [1.82, 2.24) is 20.2 Å².